The minimum absolute atomic E-state index is 0. The van der Waals surface area contributed by atoms with Crippen LogP contribution in [0.15, 0.2) is 10.4 Å². The number of benzene rings is 1. The molecule has 0 unspecified atom stereocenters. The van der Waals surface area contributed by atoms with Crippen molar-refractivity contribution in [2.24, 2.45) is 4.36 Å². The Hall–Kier alpha value is 0.990. The molecule has 0 aliphatic carbocycles. The Labute approximate surface area is 142 Å². The van der Waals surface area contributed by atoms with E-state index in [9.17, 15) is 9.00 Å². The molecule has 4 nitrogen and oxygen atoms in total. The normalized spacial score (nSPS) is 9.19. The molecule has 88 valence electrons. The SMILES string of the molecule is Cl.O=S=Nc1c(I)cc(I)c(C(=O)O)c1I. The van der Waals surface area contributed by atoms with Gasteiger partial charge >= 0.3 is 5.97 Å². The highest BCUT2D eigenvalue weighted by Gasteiger charge is 2.18. The van der Waals surface area contributed by atoms with Gasteiger partial charge in [0, 0.05) is 7.14 Å². The number of halogens is 4. The molecule has 1 N–H and O–H groups in total. The van der Waals surface area contributed by atoms with Crippen molar-refractivity contribution in [2.45, 2.75) is 0 Å². The van der Waals surface area contributed by atoms with Crippen LogP contribution in [-0.2, 0) is 11.5 Å². The Morgan fingerprint density at radius 3 is 2.31 bits per heavy atom. The molecule has 1 aromatic rings. The molecule has 0 saturated carbocycles. The minimum Gasteiger partial charge on any atom is -0.478 e. The summed E-state index contributed by atoms with van der Waals surface area (Å²) in [5.74, 6) is -1.01. The van der Waals surface area contributed by atoms with E-state index in [1.807, 2.05) is 67.8 Å². The Bertz CT molecular complexity index is 464. The van der Waals surface area contributed by atoms with Gasteiger partial charge in [0.2, 0.25) is 11.5 Å². The van der Waals surface area contributed by atoms with E-state index in [2.05, 4.69) is 4.36 Å². The van der Waals surface area contributed by atoms with Gasteiger partial charge < -0.3 is 5.11 Å². The van der Waals surface area contributed by atoms with Gasteiger partial charge in [0.25, 0.3) is 0 Å². The first-order valence-corrected chi connectivity index (χ1v) is 7.33. The third kappa shape index (κ3) is 3.74. The third-order valence-corrected chi connectivity index (χ3v) is 4.47. The van der Waals surface area contributed by atoms with Crippen LogP contribution >= 0.6 is 80.2 Å². The fraction of sp³-hybridized carbons (Fsp3) is 0. The van der Waals surface area contributed by atoms with Crippen molar-refractivity contribution in [3.63, 3.8) is 0 Å². The standard InChI is InChI=1S/C7H2I3NO3S.ClH/c8-2-1-3(9)6(11-15-14)5(10)4(2)7(12)13;/h1H,(H,12,13);1H. The number of hydrogen-bond acceptors (Lipinski definition) is 3. The lowest BCUT2D eigenvalue weighted by molar-refractivity contribution is 0.0694. The van der Waals surface area contributed by atoms with Crippen molar-refractivity contribution in [1.82, 2.24) is 0 Å². The number of nitrogens with zero attached hydrogens (tertiary/aromatic N) is 1. The molecule has 1 aromatic carbocycles. The van der Waals surface area contributed by atoms with Crippen LogP contribution in [0.1, 0.15) is 10.4 Å². The van der Waals surface area contributed by atoms with Crippen LogP contribution in [0.3, 0.4) is 0 Å². The van der Waals surface area contributed by atoms with Crippen LogP contribution in [0.4, 0.5) is 5.69 Å². The molecule has 0 amide bonds. The molecule has 0 spiro atoms. The van der Waals surface area contributed by atoms with Crippen LogP contribution in [0, 0.1) is 10.7 Å². The predicted molar refractivity (Wildman–Crippen MR) is 89.0 cm³/mol. The highest BCUT2D eigenvalue weighted by Crippen LogP contribution is 2.33. The third-order valence-electron chi connectivity index (χ3n) is 1.49. The zero-order chi connectivity index (χ0) is 11.6. The molecule has 9 heteroatoms. The van der Waals surface area contributed by atoms with E-state index in [0.29, 0.717) is 12.8 Å². The largest absolute Gasteiger partial charge is 0.478 e. The molecular formula is C7H3ClI3NO3S. The molecule has 0 aliphatic rings. The fourth-order valence-electron chi connectivity index (χ4n) is 0.897. The van der Waals surface area contributed by atoms with E-state index in [1.165, 1.54) is 0 Å². The van der Waals surface area contributed by atoms with E-state index in [-0.39, 0.29) is 29.4 Å². The Morgan fingerprint density at radius 2 is 1.88 bits per heavy atom. The van der Waals surface area contributed by atoms with Gasteiger partial charge in [-0.25, -0.2) is 4.79 Å². The van der Waals surface area contributed by atoms with Gasteiger partial charge in [-0.05, 0) is 73.8 Å². The van der Waals surface area contributed by atoms with Crippen LogP contribution in [0.25, 0.3) is 0 Å². The maximum atomic E-state index is 11.0. The number of carboxylic acid groups (broad SMARTS) is 1. The van der Waals surface area contributed by atoms with E-state index in [0.717, 1.165) is 3.57 Å². The lowest BCUT2D eigenvalue weighted by Gasteiger charge is -2.06. The van der Waals surface area contributed by atoms with Crippen molar-refractivity contribution in [3.8, 4) is 0 Å². The topological polar surface area (TPSA) is 66.7 Å². The van der Waals surface area contributed by atoms with Crippen LogP contribution in [0.2, 0.25) is 0 Å². The van der Waals surface area contributed by atoms with Crippen LogP contribution in [0.5, 0.6) is 0 Å². The van der Waals surface area contributed by atoms with E-state index < -0.39 is 5.97 Å². The summed E-state index contributed by atoms with van der Waals surface area (Å²) in [4.78, 5) is 11.0. The maximum Gasteiger partial charge on any atom is 0.337 e. The summed E-state index contributed by atoms with van der Waals surface area (Å²) in [6.07, 6.45) is 0. The number of carbonyl (C=O) groups is 1. The van der Waals surface area contributed by atoms with Gasteiger partial charge in [-0.2, -0.15) is 8.57 Å². The summed E-state index contributed by atoms with van der Waals surface area (Å²) in [7, 11) is 0. The molecule has 0 radical (unpaired) electrons. The molecule has 0 aliphatic heterocycles. The molecule has 0 fully saturated rings. The van der Waals surface area contributed by atoms with Gasteiger partial charge in [0.15, 0.2) is 0 Å². The zero-order valence-corrected chi connectivity index (χ0v) is 15.3. The molecule has 16 heavy (non-hydrogen) atoms. The number of rotatable bonds is 2. The van der Waals surface area contributed by atoms with Crippen molar-refractivity contribution in [2.75, 3.05) is 0 Å². The number of hydrogen-bond donors (Lipinski definition) is 1. The van der Waals surface area contributed by atoms with Gasteiger partial charge in [-0.1, -0.05) is 0 Å². The first-order chi connectivity index (χ1) is 6.99. The monoisotopic (exact) mass is 597 g/mol. The highest BCUT2D eigenvalue weighted by atomic mass is 127. The minimum atomic E-state index is -1.01. The first-order valence-electron chi connectivity index (χ1n) is 3.39. The maximum absolute atomic E-state index is 11.0. The molecule has 0 bridgehead atoms. The van der Waals surface area contributed by atoms with Gasteiger partial charge in [-0.3, -0.25) is 0 Å². The second kappa shape index (κ2) is 7.43. The summed E-state index contributed by atoms with van der Waals surface area (Å²) >= 11 is 5.96. The predicted octanol–water partition coefficient (Wildman–Crippen LogP) is 3.65. The number of aromatic carboxylic acids is 1. The van der Waals surface area contributed by atoms with Crippen molar-refractivity contribution >= 4 is 103 Å². The van der Waals surface area contributed by atoms with Crippen LogP contribution < -0.4 is 0 Å². The van der Waals surface area contributed by atoms with Crippen molar-refractivity contribution < 1.29 is 14.1 Å². The molecule has 0 heterocycles. The Balaban J connectivity index is 0.00000225. The molecule has 0 saturated heterocycles. The summed E-state index contributed by atoms with van der Waals surface area (Å²) in [5, 5.41) is 8.99. The van der Waals surface area contributed by atoms with Gasteiger partial charge in [-0.15, -0.1) is 12.4 Å². The summed E-state index contributed by atoms with van der Waals surface area (Å²) in [6.45, 7) is 0. The quantitative estimate of drug-likeness (QED) is 0.530. The fourth-order valence-corrected chi connectivity index (χ4v) is 5.56. The molecule has 0 aromatic heterocycles. The second-order valence-electron chi connectivity index (χ2n) is 2.35. The van der Waals surface area contributed by atoms with Gasteiger partial charge in [0.1, 0.15) is 5.69 Å². The summed E-state index contributed by atoms with van der Waals surface area (Å²) < 4.78 is 15.9. The summed E-state index contributed by atoms with van der Waals surface area (Å²) in [6, 6.07) is 1.70. The lowest BCUT2D eigenvalue weighted by atomic mass is 10.2. The zero-order valence-electron chi connectivity index (χ0n) is 7.24. The van der Waals surface area contributed by atoms with Crippen LogP contribution in [-0.4, -0.2) is 15.3 Å². The van der Waals surface area contributed by atoms with E-state index in [1.54, 1.807) is 6.07 Å². The Kier molecular flexibility index (Phi) is 7.89. The van der Waals surface area contributed by atoms with Crippen molar-refractivity contribution in [1.29, 1.82) is 0 Å². The number of carboxylic acids is 1. The molecule has 0 atom stereocenters. The average molecular weight is 597 g/mol. The van der Waals surface area contributed by atoms with E-state index >= 15 is 0 Å². The van der Waals surface area contributed by atoms with Crippen molar-refractivity contribution in [3.05, 3.63) is 22.3 Å². The first kappa shape index (κ1) is 17.0. The smallest absolute Gasteiger partial charge is 0.337 e. The van der Waals surface area contributed by atoms with E-state index in [4.69, 9.17) is 5.11 Å². The lowest BCUT2D eigenvalue weighted by Crippen LogP contribution is -2.04. The second-order valence-corrected chi connectivity index (χ2v) is 6.08. The Morgan fingerprint density at radius 1 is 1.31 bits per heavy atom. The van der Waals surface area contributed by atoms with Gasteiger partial charge in [0.05, 0.1) is 9.13 Å². The molecular weight excluding hydrogens is 594 g/mol. The average Bonchev–Trinajstić information content (AvgIpc) is 2.11. The summed E-state index contributed by atoms with van der Waals surface area (Å²) in [5.41, 5.74) is 0.637. The highest BCUT2D eigenvalue weighted by molar-refractivity contribution is 14.1. The molecule has 1 rings (SSSR count).